The molecule has 2 nitrogen and oxygen atoms in total. The highest BCUT2D eigenvalue weighted by Gasteiger charge is 2.20. The predicted octanol–water partition coefficient (Wildman–Crippen LogP) is 1.58. The van der Waals surface area contributed by atoms with E-state index in [1.165, 1.54) is 0 Å². The Bertz CT molecular complexity index is 199. The molecule has 2 rings (SSSR count). The SMILES string of the molecule is FC1=CCCN(C[C@H]2CCOC2)C1. The van der Waals surface area contributed by atoms with Crippen LogP contribution in [-0.2, 0) is 4.74 Å². The van der Waals surface area contributed by atoms with E-state index in [4.69, 9.17) is 4.74 Å². The van der Waals surface area contributed by atoms with E-state index < -0.39 is 0 Å². The first-order valence-electron chi connectivity index (χ1n) is 4.99. The second kappa shape index (κ2) is 4.20. The van der Waals surface area contributed by atoms with Gasteiger partial charge in [0, 0.05) is 26.2 Å². The molecule has 1 atom stereocenters. The minimum absolute atomic E-state index is 0.0326. The lowest BCUT2D eigenvalue weighted by Gasteiger charge is -2.26. The molecule has 0 aromatic heterocycles. The van der Waals surface area contributed by atoms with Crippen LogP contribution in [0.15, 0.2) is 11.9 Å². The zero-order valence-corrected chi connectivity index (χ0v) is 7.84. The average Bonchev–Trinajstić information content (AvgIpc) is 2.57. The van der Waals surface area contributed by atoms with Crippen molar-refractivity contribution in [3.63, 3.8) is 0 Å². The third-order valence-corrected chi connectivity index (χ3v) is 2.73. The fourth-order valence-electron chi connectivity index (χ4n) is 2.01. The van der Waals surface area contributed by atoms with Crippen molar-refractivity contribution in [3.05, 3.63) is 11.9 Å². The summed E-state index contributed by atoms with van der Waals surface area (Å²) in [4.78, 5) is 2.19. The molecule has 0 aliphatic carbocycles. The number of nitrogens with zero attached hydrogens (tertiary/aromatic N) is 1. The van der Waals surface area contributed by atoms with Crippen LogP contribution in [0.25, 0.3) is 0 Å². The molecule has 0 amide bonds. The Morgan fingerprint density at radius 3 is 3.23 bits per heavy atom. The summed E-state index contributed by atoms with van der Waals surface area (Å²) >= 11 is 0. The molecule has 0 aromatic rings. The van der Waals surface area contributed by atoms with E-state index in [1.807, 2.05) is 0 Å². The maximum absolute atomic E-state index is 12.9. The van der Waals surface area contributed by atoms with Crippen LogP contribution >= 0.6 is 0 Å². The van der Waals surface area contributed by atoms with Crippen molar-refractivity contribution in [2.45, 2.75) is 12.8 Å². The molecule has 1 fully saturated rings. The average molecular weight is 185 g/mol. The Hall–Kier alpha value is -0.410. The van der Waals surface area contributed by atoms with E-state index in [1.54, 1.807) is 6.08 Å². The Kier molecular flexibility index (Phi) is 2.96. The molecule has 3 heteroatoms. The topological polar surface area (TPSA) is 12.5 Å². The summed E-state index contributed by atoms with van der Waals surface area (Å²) in [5.41, 5.74) is 0. The van der Waals surface area contributed by atoms with Crippen LogP contribution in [0.2, 0.25) is 0 Å². The van der Waals surface area contributed by atoms with Crippen molar-refractivity contribution in [1.29, 1.82) is 0 Å². The third-order valence-electron chi connectivity index (χ3n) is 2.73. The summed E-state index contributed by atoms with van der Waals surface area (Å²) < 4.78 is 18.2. The highest BCUT2D eigenvalue weighted by molar-refractivity contribution is 4.99. The number of ether oxygens (including phenoxy) is 1. The quantitative estimate of drug-likeness (QED) is 0.647. The van der Waals surface area contributed by atoms with E-state index in [0.29, 0.717) is 12.5 Å². The van der Waals surface area contributed by atoms with Gasteiger partial charge in [-0.15, -0.1) is 0 Å². The van der Waals surface area contributed by atoms with Gasteiger partial charge in [0.25, 0.3) is 0 Å². The fraction of sp³-hybridized carbons (Fsp3) is 0.800. The maximum Gasteiger partial charge on any atom is 0.110 e. The second-order valence-electron chi connectivity index (χ2n) is 3.90. The molecular weight excluding hydrogens is 169 g/mol. The molecule has 0 saturated carbocycles. The molecule has 1 saturated heterocycles. The smallest absolute Gasteiger partial charge is 0.110 e. The second-order valence-corrected chi connectivity index (χ2v) is 3.90. The Labute approximate surface area is 78.4 Å². The zero-order chi connectivity index (χ0) is 9.10. The molecule has 2 aliphatic rings. The van der Waals surface area contributed by atoms with E-state index in [9.17, 15) is 4.39 Å². The van der Waals surface area contributed by atoms with Gasteiger partial charge in [0.05, 0.1) is 6.61 Å². The lowest BCUT2D eigenvalue weighted by Crippen LogP contribution is -2.33. The van der Waals surface area contributed by atoms with Crippen molar-refractivity contribution < 1.29 is 9.13 Å². The number of hydrogen-bond donors (Lipinski definition) is 0. The molecule has 74 valence electrons. The zero-order valence-electron chi connectivity index (χ0n) is 7.84. The van der Waals surface area contributed by atoms with Gasteiger partial charge in [0.15, 0.2) is 0 Å². The summed E-state index contributed by atoms with van der Waals surface area (Å²) in [6.07, 6.45) is 3.70. The first-order chi connectivity index (χ1) is 6.34. The van der Waals surface area contributed by atoms with Crippen LogP contribution in [0.4, 0.5) is 4.39 Å². The molecule has 0 spiro atoms. The Morgan fingerprint density at radius 1 is 1.62 bits per heavy atom. The minimum Gasteiger partial charge on any atom is -0.381 e. The van der Waals surface area contributed by atoms with Gasteiger partial charge in [0.1, 0.15) is 5.83 Å². The van der Waals surface area contributed by atoms with Crippen molar-refractivity contribution in [2.24, 2.45) is 5.92 Å². The lowest BCUT2D eigenvalue weighted by molar-refractivity contribution is 0.166. The first kappa shape index (κ1) is 9.16. The number of halogens is 1. The molecule has 0 bridgehead atoms. The summed E-state index contributed by atoms with van der Waals surface area (Å²) in [5, 5.41) is 0. The van der Waals surface area contributed by atoms with Crippen LogP contribution in [0.1, 0.15) is 12.8 Å². The molecule has 0 radical (unpaired) electrons. The van der Waals surface area contributed by atoms with E-state index in [-0.39, 0.29) is 5.83 Å². The molecular formula is C10H16FNO. The summed E-state index contributed by atoms with van der Waals surface area (Å²) in [6, 6.07) is 0. The van der Waals surface area contributed by atoms with Crippen LogP contribution in [-0.4, -0.2) is 37.7 Å². The third kappa shape index (κ3) is 2.51. The summed E-state index contributed by atoms with van der Waals surface area (Å²) in [6.45, 7) is 4.26. The molecule has 0 aromatic carbocycles. The number of hydrogen-bond acceptors (Lipinski definition) is 2. The predicted molar refractivity (Wildman–Crippen MR) is 49.2 cm³/mol. The largest absolute Gasteiger partial charge is 0.381 e. The van der Waals surface area contributed by atoms with Gasteiger partial charge in [-0.1, -0.05) is 6.08 Å². The van der Waals surface area contributed by atoms with Crippen LogP contribution in [0.3, 0.4) is 0 Å². The molecule has 2 aliphatic heterocycles. The van der Waals surface area contributed by atoms with Crippen molar-refractivity contribution in [1.82, 2.24) is 4.90 Å². The molecule has 0 unspecified atom stereocenters. The summed E-state index contributed by atoms with van der Waals surface area (Å²) in [7, 11) is 0. The van der Waals surface area contributed by atoms with E-state index in [0.717, 1.165) is 39.1 Å². The Balaban J connectivity index is 1.78. The van der Waals surface area contributed by atoms with Gasteiger partial charge in [-0.25, -0.2) is 4.39 Å². The van der Waals surface area contributed by atoms with Gasteiger partial charge in [0.2, 0.25) is 0 Å². The normalized spacial score (nSPS) is 30.5. The molecule has 2 heterocycles. The van der Waals surface area contributed by atoms with Crippen molar-refractivity contribution >= 4 is 0 Å². The van der Waals surface area contributed by atoms with Crippen LogP contribution < -0.4 is 0 Å². The number of rotatable bonds is 2. The molecule has 0 N–H and O–H groups in total. The van der Waals surface area contributed by atoms with Crippen molar-refractivity contribution in [2.75, 3.05) is 32.8 Å². The van der Waals surface area contributed by atoms with Gasteiger partial charge in [-0.05, 0) is 18.8 Å². The maximum atomic E-state index is 12.9. The lowest BCUT2D eigenvalue weighted by atomic mass is 10.1. The monoisotopic (exact) mass is 185 g/mol. The van der Waals surface area contributed by atoms with Gasteiger partial charge < -0.3 is 4.74 Å². The standard InChI is InChI=1S/C10H16FNO/c11-10-2-1-4-12(7-10)6-9-3-5-13-8-9/h2,9H,1,3-8H2/t9-/m1/s1. The summed E-state index contributed by atoms with van der Waals surface area (Å²) in [5.74, 6) is 0.663. The highest BCUT2D eigenvalue weighted by atomic mass is 19.1. The van der Waals surface area contributed by atoms with Gasteiger partial charge in [-0.2, -0.15) is 0 Å². The van der Waals surface area contributed by atoms with E-state index >= 15 is 0 Å². The molecule has 13 heavy (non-hydrogen) atoms. The van der Waals surface area contributed by atoms with Crippen molar-refractivity contribution in [3.8, 4) is 0 Å². The minimum atomic E-state index is 0.0326. The van der Waals surface area contributed by atoms with Gasteiger partial charge >= 0.3 is 0 Å². The fourth-order valence-corrected chi connectivity index (χ4v) is 2.01. The Morgan fingerprint density at radius 2 is 2.54 bits per heavy atom. The van der Waals surface area contributed by atoms with Crippen LogP contribution in [0.5, 0.6) is 0 Å². The first-order valence-corrected chi connectivity index (χ1v) is 4.99. The van der Waals surface area contributed by atoms with Gasteiger partial charge in [-0.3, -0.25) is 4.90 Å². The van der Waals surface area contributed by atoms with Crippen LogP contribution in [0, 0.1) is 5.92 Å². The van der Waals surface area contributed by atoms with E-state index in [2.05, 4.69) is 4.90 Å². The highest BCUT2D eigenvalue weighted by Crippen LogP contribution is 2.17.